The summed E-state index contributed by atoms with van der Waals surface area (Å²) in [5.74, 6) is -1.41. The van der Waals surface area contributed by atoms with Crippen LogP contribution in [0.2, 0.25) is 0 Å². The van der Waals surface area contributed by atoms with Gasteiger partial charge >= 0.3 is 6.09 Å². The highest BCUT2D eigenvalue weighted by atomic mass is 19.1. The molecule has 0 unspecified atom stereocenters. The van der Waals surface area contributed by atoms with E-state index in [9.17, 15) is 14.0 Å². The van der Waals surface area contributed by atoms with Crippen molar-refractivity contribution in [3.63, 3.8) is 0 Å². The molecular formula is C26H26F3N5O3. The largest absolute Gasteiger partial charge is 0.444 e. The second-order valence-corrected chi connectivity index (χ2v) is 10.3. The van der Waals surface area contributed by atoms with Crippen LogP contribution in [0.5, 0.6) is 0 Å². The SMILES string of the molecule is Cc1cn2cc(-c3cc(F)c4c(=O)n([C@@H]5CCN(C(=O)OC(C)(C)C)C[C@H]5F)cnc4c3)cc(F)c2n1. The van der Waals surface area contributed by atoms with Gasteiger partial charge in [-0.25, -0.2) is 27.9 Å². The Bertz CT molecular complexity index is 1590. The number of piperidine rings is 1. The number of carbonyl (C=O) groups is 1. The molecule has 194 valence electrons. The molecule has 1 aliphatic heterocycles. The third-order valence-corrected chi connectivity index (χ3v) is 6.32. The quantitative estimate of drug-likeness (QED) is 0.384. The number of amides is 1. The first-order chi connectivity index (χ1) is 17.4. The third-order valence-electron chi connectivity index (χ3n) is 6.32. The fourth-order valence-corrected chi connectivity index (χ4v) is 4.65. The Morgan fingerprint density at radius 3 is 2.54 bits per heavy atom. The number of aryl methyl sites for hydroxylation is 1. The number of halogens is 3. The Hall–Kier alpha value is -3.89. The molecule has 5 rings (SSSR count). The van der Waals surface area contributed by atoms with Gasteiger partial charge in [0.15, 0.2) is 11.5 Å². The summed E-state index contributed by atoms with van der Waals surface area (Å²) in [5, 5.41) is -0.284. The molecule has 1 saturated heterocycles. The van der Waals surface area contributed by atoms with Crippen LogP contribution in [0.15, 0.2) is 41.7 Å². The zero-order valence-corrected chi connectivity index (χ0v) is 20.8. The van der Waals surface area contributed by atoms with Crippen LogP contribution in [0.1, 0.15) is 38.9 Å². The summed E-state index contributed by atoms with van der Waals surface area (Å²) >= 11 is 0. The standard InChI is InChI=1S/C26H26F3N5O3/c1-14-10-33-11-16(8-18(28)23(33)31-14)15-7-17(27)22-20(9-15)30-13-34(24(22)35)21-5-6-32(12-19(21)29)25(36)37-26(2,3)4/h7-11,13,19,21H,5-6,12H2,1-4H3/t19-,21-/m1/s1. The number of aromatic nitrogens is 4. The van der Waals surface area contributed by atoms with Gasteiger partial charge in [-0.05, 0) is 57.9 Å². The average molecular weight is 514 g/mol. The van der Waals surface area contributed by atoms with Crippen LogP contribution >= 0.6 is 0 Å². The summed E-state index contributed by atoms with van der Waals surface area (Å²) in [5.41, 5.74) is 0.126. The number of rotatable bonds is 2. The molecule has 0 radical (unpaired) electrons. The van der Waals surface area contributed by atoms with Gasteiger partial charge in [0.05, 0.1) is 30.1 Å². The number of likely N-dealkylation sites (tertiary alicyclic amines) is 1. The van der Waals surface area contributed by atoms with Crippen molar-refractivity contribution in [3.8, 4) is 11.1 Å². The summed E-state index contributed by atoms with van der Waals surface area (Å²) in [4.78, 5) is 35.1. The summed E-state index contributed by atoms with van der Waals surface area (Å²) in [6.07, 6.45) is 2.39. The van der Waals surface area contributed by atoms with Crippen LogP contribution in [-0.2, 0) is 4.74 Å². The molecule has 0 N–H and O–H groups in total. The molecule has 0 spiro atoms. The topological polar surface area (TPSA) is 81.7 Å². The van der Waals surface area contributed by atoms with Crippen molar-refractivity contribution >= 4 is 22.6 Å². The fraction of sp³-hybridized carbons (Fsp3) is 0.385. The molecule has 0 bridgehead atoms. The first-order valence-electron chi connectivity index (χ1n) is 11.9. The fourth-order valence-electron chi connectivity index (χ4n) is 4.65. The van der Waals surface area contributed by atoms with Crippen molar-refractivity contribution in [1.82, 2.24) is 23.8 Å². The Morgan fingerprint density at radius 2 is 1.84 bits per heavy atom. The summed E-state index contributed by atoms with van der Waals surface area (Å²) in [6.45, 7) is 6.82. The Kier molecular flexibility index (Phi) is 5.96. The Morgan fingerprint density at radius 1 is 1.11 bits per heavy atom. The van der Waals surface area contributed by atoms with E-state index >= 15 is 8.78 Å². The van der Waals surface area contributed by atoms with E-state index in [1.54, 1.807) is 40.1 Å². The minimum Gasteiger partial charge on any atom is -0.444 e. The molecule has 0 aliphatic carbocycles. The van der Waals surface area contributed by atoms with Gasteiger partial charge in [0, 0.05) is 24.5 Å². The third kappa shape index (κ3) is 4.65. The zero-order chi connectivity index (χ0) is 26.6. The molecule has 1 aliphatic rings. The van der Waals surface area contributed by atoms with Crippen LogP contribution in [0, 0.1) is 18.6 Å². The monoisotopic (exact) mass is 513 g/mol. The number of alkyl halides is 1. The van der Waals surface area contributed by atoms with E-state index in [1.165, 1.54) is 27.8 Å². The Balaban J connectivity index is 1.46. The van der Waals surface area contributed by atoms with Gasteiger partial charge in [0.1, 0.15) is 23.0 Å². The zero-order valence-electron chi connectivity index (χ0n) is 20.8. The highest BCUT2D eigenvalue weighted by molar-refractivity contribution is 5.84. The molecule has 1 fully saturated rings. The lowest BCUT2D eigenvalue weighted by Crippen LogP contribution is -2.48. The Labute approximate surface area is 210 Å². The van der Waals surface area contributed by atoms with Gasteiger partial charge in [-0.3, -0.25) is 9.36 Å². The maximum atomic E-state index is 15.3. The molecule has 1 aromatic carbocycles. The molecule has 8 nitrogen and oxygen atoms in total. The van der Waals surface area contributed by atoms with E-state index in [1.807, 2.05) is 0 Å². The van der Waals surface area contributed by atoms with E-state index in [-0.39, 0.29) is 36.1 Å². The summed E-state index contributed by atoms with van der Waals surface area (Å²) in [6, 6.07) is 2.96. The maximum Gasteiger partial charge on any atom is 0.410 e. The lowest BCUT2D eigenvalue weighted by Gasteiger charge is -2.36. The molecule has 11 heteroatoms. The minimum atomic E-state index is -1.58. The van der Waals surface area contributed by atoms with E-state index in [4.69, 9.17) is 4.74 Å². The predicted octanol–water partition coefficient (Wildman–Crippen LogP) is 4.82. The molecule has 4 heterocycles. The average Bonchev–Trinajstić information content (AvgIpc) is 3.19. The van der Waals surface area contributed by atoms with Crippen molar-refractivity contribution in [2.45, 2.75) is 51.9 Å². The van der Waals surface area contributed by atoms with Crippen molar-refractivity contribution < 1.29 is 22.7 Å². The molecule has 3 aromatic heterocycles. The second-order valence-electron chi connectivity index (χ2n) is 10.3. The van der Waals surface area contributed by atoms with Crippen LogP contribution in [0.3, 0.4) is 0 Å². The van der Waals surface area contributed by atoms with E-state index in [0.29, 0.717) is 16.8 Å². The number of benzene rings is 1. The van der Waals surface area contributed by atoms with E-state index < -0.39 is 41.1 Å². The molecule has 37 heavy (non-hydrogen) atoms. The normalized spacial score (nSPS) is 18.5. The van der Waals surface area contributed by atoms with Crippen LogP contribution < -0.4 is 5.56 Å². The van der Waals surface area contributed by atoms with Gasteiger partial charge in [-0.2, -0.15) is 0 Å². The van der Waals surface area contributed by atoms with Crippen molar-refractivity contribution in [3.05, 3.63) is 64.6 Å². The molecule has 4 aromatic rings. The number of hydrogen-bond donors (Lipinski definition) is 0. The smallest absolute Gasteiger partial charge is 0.410 e. The molecule has 0 saturated carbocycles. The summed E-state index contributed by atoms with van der Waals surface area (Å²) < 4.78 is 52.9. The minimum absolute atomic E-state index is 0.0696. The second kappa shape index (κ2) is 8.89. The first-order valence-corrected chi connectivity index (χ1v) is 11.9. The molecule has 2 atom stereocenters. The van der Waals surface area contributed by atoms with Crippen LogP contribution in [0.4, 0.5) is 18.0 Å². The van der Waals surface area contributed by atoms with E-state index in [0.717, 1.165) is 10.6 Å². The number of nitrogens with zero attached hydrogens (tertiary/aromatic N) is 5. The number of hydrogen-bond acceptors (Lipinski definition) is 5. The van der Waals surface area contributed by atoms with Crippen molar-refractivity contribution in [2.24, 2.45) is 0 Å². The highest BCUT2D eigenvalue weighted by Crippen LogP contribution is 2.29. The molecular weight excluding hydrogens is 487 g/mol. The number of imidazole rings is 1. The summed E-state index contributed by atoms with van der Waals surface area (Å²) in [7, 11) is 0. The lowest BCUT2D eigenvalue weighted by molar-refractivity contribution is 0.00645. The van der Waals surface area contributed by atoms with Crippen LogP contribution in [-0.4, -0.2) is 54.8 Å². The van der Waals surface area contributed by atoms with Gasteiger partial charge in [-0.1, -0.05) is 0 Å². The number of fused-ring (bicyclic) bond motifs is 2. The van der Waals surface area contributed by atoms with Gasteiger partial charge in [-0.15, -0.1) is 0 Å². The number of pyridine rings is 1. The van der Waals surface area contributed by atoms with E-state index in [2.05, 4.69) is 9.97 Å². The van der Waals surface area contributed by atoms with Crippen LogP contribution in [0.25, 0.3) is 27.7 Å². The van der Waals surface area contributed by atoms with Gasteiger partial charge < -0.3 is 14.0 Å². The predicted molar refractivity (Wildman–Crippen MR) is 131 cm³/mol. The molecule has 1 amide bonds. The maximum absolute atomic E-state index is 15.3. The highest BCUT2D eigenvalue weighted by Gasteiger charge is 2.35. The first kappa shape index (κ1) is 24.8. The van der Waals surface area contributed by atoms with Crippen molar-refractivity contribution in [2.75, 3.05) is 13.1 Å². The van der Waals surface area contributed by atoms with Gasteiger partial charge in [0.25, 0.3) is 5.56 Å². The number of ether oxygens (including phenoxy) is 1. The van der Waals surface area contributed by atoms with Crippen molar-refractivity contribution in [1.29, 1.82) is 0 Å². The van der Waals surface area contributed by atoms with Gasteiger partial charge in [0.2, 0.25) is 0 Å². The lowest BCUT2D eigenvalue weighted by atomic mass is 10.0. The number of carbonyl (C=O) groups excluding carboxylic acids is 1.